The van der Waals surface area contributed by atoms with Crippen LogP contribution in [0, 0.1) is 0 Å². The second-order valence-electron chi connectivity index (χ2n) is 4.73. The highest BCUT2D eigenvalue weighted by atomic mass is 16.1. The van der Waals surface area contributed by atoms with Crippen LogP contribution in [0.3, 0.4) is 0 Å². The predicted molar refractivity (Wildman–Crippen MR) is 82.0 cm³/mol. The van der Waals surface area contributed by atoms with Gasteiger partial charge in [-0.2, -0.15) is 10.2 Å². The highest BCUT2D eigenvalue weighted by molar-refractivity contribution is 5.94. The van der Waals surface area contributed by atoms with Crippen molar-refractivity contribution in [1.82, 2.24) is 20.5 Å². The highest BCUT2D eigenvalue weighted by Crippen LogP contribution is 2.21. The van der Waals surface area contributed by atoms with E-state index < -0.39 is 0 Å². The van der Waals surface area contributed by atoms with Gasteiger partial charge in [0.15, 0.2) is 0 Å². The van der Waals surface area contributed by atoms with Crippen molar-refractivity contribution >= 4 is 5.91 Å². The van der Waals surface area contributed by atoms with Gasteiger partial charge in [0.1, 0.15) is 0 Å². The number of amides is 1. The SMILES string of the molecule is O=C(N[C@H](c1ccccc1)c1ccncc1)c1ccnnc1. The number of benzene rings is 1. The van der Waals surface area contributed by atoms with Crippen molar-refractivity contribution in [2.45, 2.75) is 6.04 Å². The van der Waals surface area contributed by atoms with E-state index in [9.17, 15) is 4.79 Å². The third kappa shape index (κ3) is 3.15. The summed E-state index contributed by atoms with van der Waals surface area (Å²) in [7, 11) is 0. The zero-order valence-corrected chi connectivity index (χ0v) is 11.8. The first kappa shape index (κ1) is 13.9. The second kappa shape index (κ2) is 6.58. The summed E-state index contributed by atoms with van der Waals surface area (Å²) in [5, 5.41) is 10.5. The first-order valence-corrected chi connectivity index (χ1v) is 6.87. The molecule has 108 valence electrons. The number of carbonyl (C=O) groups excluding carboxylic acids is 1. The number of carbonyl (C=O) groups is 1. The third-order valence-electron chi connectivity index (χ3n) is 3.29. The molecule has 22 heavy (non-hydrogen) atoms. The first-order valence-electron chi connectivity index (χ1n) is 6.87. The van der Waals surface area contributed by atoms with Crippen LogP contribution < -0.4 is 5.32 Å². The summed E-state index contributed by atoms with van der Waals surface area (Å²) in [4.78, 5) is 16.4. The lowest BCUT2D eigenvalue weighted by atomic mass is 9.99. The van der Waals surface area contributed by atoms with Crippen LogP contribution in [0.4, 0.5) is 0 Å². The smallest absolute Gasteiger partial charge is 0.253 e. The van der Waals surface area contributed by atoms with Gasteiger partial charge in [-0.1, -0.05) is 30.3 Å². The summed E-state index contributed by atoms with van der Waals surface area (Å²) in [6.45, 7) is 0. The molecule has 1 N–H and O–H groups in total. The van der Waals surface area contributed by atoms with Crippen molar-refractivity contribution in [2.24, 2.45) is 0 Å². The Hall–Kier alpha value is -3.08. The van der Waals surface area contributed by atoms with Gasteiger partial charge in [-0.25, -0.2) is 0 Å². The van der Waals surface area contributed by atoms with E-state index in [2.05, 4.69) is 20.5 Å². The second-order valence-corrected chi connectivity index (χ2v) is 4.73. The molecule has 1 aromatic carbocycles. The Morgan fingerprint density at radius 3 is 2.27 bits per heavy atom. The summed E-state index contributed by atoms with van der Waals surface area (Å²) in [6, 6.07) is 15.0. The largest absolute Gasteiger partial charge is 0.341 e. The Morgan fingerprint density at radius 2 is 1.59 bits per heavy atom. The molecule has 5 heteroatoms. The van der Waals surface area contributed by atoms with Crippen LogP contribution in [-0.2, 0) is 0 Å². The lowest BCUT2D eigenvalue weighted by Gasteiger charge is -2.19. The normalized spacial score (nSPS) is 11.6. The molecule has 2 heterocycles. The summed E-state index contributed by atoms with van der Waals surface area (Å²) >= 11 is 0. The molecule has 0 aliphatic heterocycles. The van der Waals surface area contributed by atoms with Crippen molar-refractivity contribution in [3.8, 4) is 0 Å². The minimum Gasteiger partial charge on any atom is -0.341 e. The van der Waals surface area contributed by atoms with Gasteiger partial charge < -0.3 is 5.32 Å². The first-order chi connectivity index (χ1) is 10.8. The third-order valence-corrected chi connectivity index (χ3v) is 3.29. The van der Waals surface area contributed by atoms with Crippen molar-refractivity contribution < 1.29 is 4.79 Å². The Labute approximate surface area is 128 Å². The van der Waals surface area contributed by atoms with Crippen LogP contribution in [-0.4, -0.2) is 21.1 Å². The number of nitrogens with zero attached hydrogens (tertiary/aromatic N) is 3. The van der Waals surface area contributed by atoms with Crippen molar-refractivity contribution in [3.63, 3.8) is 0 Å². The number of hydrogen-bond acceptors (Lipinski definition) is 4. The van der Waals surface area contributed by atoms with Crippen LogP contribution in [0.15, 0.2) is 73.3 Å². The predicted octanol–water partition coefficient (Wildman–Crippen LogP) is 2.39. The fourth-order valence-corrected chi connectivity index (χ4v) is 2.20. The molecule has 1 amide bonds. The van der Waals surface area contributed by atoms with Gasteiger partial charge in [0.2, 0.25) is 0 Å². The molecule has 0 bridgehead atoms. The maximum absolute atomic E-state index is 12.4. The molecule has 0 saturated carbocycles. The number of rotatable bonds is 4. The molecule has 0 spiro atoms. The molecule has 0 unspecified atom stereocenters. The van der Waals surface area contributed by atoms with Gasteiger partial charge in [-0.15, -0.1) is 0 Å². The highest BCUT2D eigenvalue weighted by Gasteiger charge is 2.17. The number of hydrogen-bond donors (Lipinski definition) is 1. The monoisotopic (exact) mass is 290 g/mol. The number of nitrogens with one attached hydrogen (secondary N) is 1. The molecule has 3 rings (SSSR count). The quantitative estimate of drug-likeness (QED) is 0.801. The Bertz CT molecular complexity index is 693. The van der Waals surface area contributed by atoms with E-state index in [0.717, 1.165) is 11.1 Å². The topological polar surface area (TPSA) is 67.8 Å². The molecule has 0 fully saturated rings. The zero-order chi connectivity index (χ0) is 15.2. The van der Waals surface area contributed by atoms with Crippen LogP contribution in [0.2, 0.25) is 0 Å². The standard InChI is InChI=1S/C17H14N4O/c22-17(15-8-11-19-20-12-15)21-16(13-4-2-1-3-5-13)14-6-9-18-10-7-14/h1-12,16H,(H,21,22)/t16-/m1/s1. The maximum atomic E-state index is 12.4. The summed E-state index contributed by atoms with van der Waals surface area (Å²) in [6.07, 6.45) is 6.37. The van der Waals surface area contributed by atoms with Crippen molar-refractivity contribution in [2.75, 3.05) is 0 Å². The van der Waals surface area contributed by atoms with E-state index >= 15 is 0 Å². The molecule has 0 aliphatic rings. The molecule has 0 aliphatic carbocycles. The van der Waals surface area contributed by atoms with Gasteiger partial charge in [0, 0.05) is 12.4 Å². The van der Waals surface area contributed by atoms with Gasteiger partial charge in [-0.3, -0.25) is 9.78 Å². The van der Waals surface area contributed by atoms with E-state index in [1.807, 2.05) is 42.5 Å². The number of aromatic nitrogens is 3. The van der Waals surface area contributed by atoms with E-state index in [0.29, 0.717) is 5.56 Å². The fraction of sp³-hybridized carbons (Fsp3) is 0.0588. The molecule has 3 aromatic rings. The Kier molecular flexibility index (Phi) is 4.15. The summed E-state index contributed by atoms with van der Waals surface area (Å²) in [5.74, 6) is -0.194. The maximum Gasteiger partial charge on any atom is 0.253 e. The van der Waals surface area contributed by atoms with Gasteiger partial charge >= 0.3 is 0 Å². The molecular weight excluding hydrogens is 276 g/mol. The molecule has 5 nitrogen and oxygen atoms in total. The van der Waals surface area contributed by atoms with Gasteiger partial charge in [0.25, 0.3) is 5.91 Å². The molecule has 0 saturated heterocycles. The minimum atomic E-state index is -0.245. The Morgan fingerprint density at radius 1 is 0.864 bits per heavy atom. The van der Waals surface area contributed by atoms with E-state index in [1.54, 1.807) is 18.5 Å². The molecule has 1 atom stereocenters. The molecule has 0 radical (unpaired) electrons. The van der Waals surface area contributed by atoms with E-state index in [-0.39, 0.29) is 11.9 Å². The van der Waals surface area contributed by atoms with Crippen LogP contribution in [0.1, 0.15) is 27.5 Å². The minimum absolute atomic E-state index is 0.194. The summed E-state index contributed by atoms with van der Waals surface area (Å²) in [5.41, 5.74) is 2.45. The van der Waals surface area contributed by atoms with Crippen molar-refractivity contribution in [3.05, 3.63) is 90.0 Å². The van der Waals surface area contributed by atoms with Crippen LogP contribution in [0.5, 0.6) is 0 Å². The van der Waals surface area contributed by atoms with E-state index in [1.165, 1.54) is 12.4 Å². The molecule has 2 aromatic heterocycles. The molecular formula is C17H14N4O. The van der Waals surface area contributed by atoms with Crippen LogP contribution in [0.25, 0.3) is 0 Å². The van der Waals surface area contributed by atoms with Gasteiger partial charge in [-0.05, 0) is 29.3 Å². The Balaban J connectivity index is 1.91. The zero-order valence-electron chi connectivity index (χ0n) is 11.8. The average Bonchev–Trinajstić information content (AvgIpc) is 2.62. The lowest BCUT2D eigenvalue weighted by Crippen LogP contribution is -2.29. The van der Waals surface area contributed by atoms with Crippen LogP contribution >= 0.6 is 0 Å². The van der Waals surface area contributed by atoms with Crippen molar-refractivity contribution in [1.29, 1.82) is 0 Å². The number of pyridine rings is 1. The lowest BCUT2D eigenvalue weighted by molar-refractivity contribution is 0.0942. The average molecular weight is 290 g/mol. The fourth-order valence-electron chi connectivity index (χ4n) is 2.20. The van der Waals surface area contributed by atoms with E-state index in [4.69, 9.17) is 0 Å². The summed E-state index contributed by atoms with van der Waals surface area (Å²) < 4.78 is 0. The van der Waals surface area contributed by atoms with Gasteiger partial charge in [0.05, 0.1) is 24.0 Å².